The molecular formula is C17H25FN2. The fraction of sp³-hybridized carbons (Fsp3) is 0.647. The SMILES string of the molecule is C[C@@H](N)c1ccc(N2CCC[C@H]3CCCC[C@H]32)c(F)c1. The highest BCUT2D eigenvalue weighted by Crippen LogP contribution is 2.38. The van der Waals surface area contributed by atoms with Crippen molar-refractivity contribution in [1.82, 2.24) is 0 Å². The summed E-state index contributed by atoms with van der Waals surface area (Å²) >= 11 is 0. The summed E-state index contributed by atoms with van der Waals surface area (Å²) in [6, 6.07) is 5.97. The molecule has 2 aliphatic rings. The van der Waals surface area contributed by atoms with E-state index < -0.39 is 0 Å². The van der Waals surface area contributed by atoms with Gasteiger partial charge < -0.3 is 10.6 Å². The van der Waals surface area contributed by atoms with Gasteiger partial charge in [-0.2, -0.15) is 0 Å². The summed E-state index contributed by atoms with van der Waals surface area (Å²) in [5.41, 5.74) is 7.50. The first-order valence-electron chi connectivity index (χ1n) is 7.98. The fourth-order valence-electron chi connectivity index (χ4n) is 3.96. The molecule has 3 atom stereocenters. The Morgan fingerprint density at radius 2 is 1.95 bits per heavy atom. The Morgan fingerprint density at radius 3 is 2.70 bits per heavy atom. The Hall–Kier alpha value is -1.09. The maximum Gasteiger partial charge on any atom is 0.146 e. The first kappa shape index (κ1) is 13.9. The number of nitrogens with two attached hydrogens (primary N) is 1. The smallest absolute Gasteiger partial charge is 0.146 e. The van der Waals surface area contributed by atoms with Crippen LogP contribution in [0.2, 0.25) is 0 Å². The minimum atomic E-state index is -0.109. The molecule has 1 saturated heterocycles. The van der Waals surface area contributed by atoms with E-state index in [0.29, 0.717) is 6.04 Å². The number of halogens is 1. The number of fused-ring (bicyclic) bond motifs is 1. The molecule has 3 heteroatoms. The maximum absolute atomic E-state index is 14.5. The lowest BCUT2D eigenvalue weighted by Gasteiger charge is -2.45. The topological polar surface area (TPSA) is 29.3 Å². The Morgan fingerprint density at radius 1 is 1.20 bits per heavy atom. The molecule has 1 aromatic rings. The molecule has 3 rings (SSSR count). The lowest BCUT2D eigenvalue weighted by Crippen LogP contribution is -2.47. The third-order valence-electron chi connectivity index (χ3n) is 5.05. The van der Waals surface area contributed by atoms with Crippen molar-refractivity contribution in [2.24, 2.45) is 11.7 Å². The van der Waals surface area contributed by atoms with Gasteiger partial charge in [-0.3, -0.25) is 0 Å². The average Bonchev–Trinajstić information content (AvgIpc) is 2.46. The van der Waals surface area contributed by atoms with Gasteiger partial charge in [-0.15, -0.1) is 0 Å². The summed E-state index contributed by atoms with van der Waals surface area (Å²) in [6.07, 6.45) is 7.69. The van der Waals surface area contributed by atoms with E-state index in [0.717, 1.165) is 23.7 Å². The van der Waals surface area contributed by atoms with Crippen molar-refractivity contribution >= 4 is 5.69 Å². The van der Waals surface area contributed by atoms with Crippen molar-refractivity contribution in [2.45, 2.75) is 57.5 Å². The van der Waals surface area contributed by atoms with Gasteiger partial charge in [0.15, 0.2) is 0 Å². The predicted molar refractivity (Wildman–Crippen MR) is 81.3 cm³/mol. The number of rotatable bonds is 2. The molecule has 0 aromatic heterocycles. The molecular weight excluding hydrogens is 251 g/mol. The van der Waals surface area contributed by atoms with Crippen LogP contribution in [0, 0.1) is 11.7 Å². The molecule has 2 N–H and O–H groups in total. The molecule has 0 bridgehead atoms. The van der Waals surface area contributed by atoms with Crippen LogP contribution in [0.5, 0.6) is 0 Å². The molecule has 0 spiro atoms. The second-order valence-electron chi connectivity index (χ2n) is 6.45. The lowest BCUT2D eigenvalue weighted by molar-refractivity contribution is 0.242. The average molecular weight is 276 g/mol. The lowest BCUT2D eigenvalue weighted by atomic mass is 9.78. The van der Waals surface area contributed by atoms with E-state index >= 15 is 0 Å². The molecule has 0 radical (unpaired) electrons. The highest BCUT2D eigenvalue weighted by Gasteiger charge is 2.34. The first-order valence-corrected chi connectivity index (χ1v) is 7.98. The van der Waals surface area contributed by atoms with E-state index in [1.165, 1.54) is 38.5 Å². The number of piperidine rings is 1. The van der Waals surface area contributed by atoms with Crippen LogP contribution in [0.25, 0.3) is 0 Å². The Bertz CT molecular complexity index is 470. The molecule has 1 heterocycles. The third-order valence-corrected chi connectivity index (χ3v) is 5.05. The molecule has 1 aromatic carbocycles. The summed E-state index contributed by atoms with van der Waals surface area (Å²) < 4.78 is 14.5. The van der Waals surface area contributed by atoms with Crippen LogP contribution in [0.15, 0.2) is 18.2 Å². The van der Waals surface area contributed by atoms with Gasteiger partial charge in [0, 0.05) is 18.6 Å². The van der Waals surface area contributed by atoms with Gasteiger partial charge in [-0.05, 0) is 56.2 Å². The van der Waals surface area contributed by atoms with Crippen LogP contribution in [0.4, 0.5) is 10.1 Å². The third kappa shape index (κ3) is 2.56. The van der Waals surface area contributed by atoms with E-state index in [1.54, 1.807) is 6.07 Å². The second kappa shape index (κ2) is 5.72. The zero-order chi connectivity index (χ0) is 14.1. The van der Waals surface area contributed by atoms with Gasteiger partial charge in [-0.25, -0.2) is 4.39 Å². The van der Waals surface area contributed by atoms with Gasteiger partial charge >= 0.3 is 0 Å². The maximum atomic E-state index is 14.5. The first-order chi connectivity index (χ1) is 9.66. The molecule has 1 aliphatic heterocycles. The van der Waals surface area contributed by atoms with Crippen molar-refractivity contribution in [1.29, 1.82) is 0 Å². The monoisotopic (exact) mass is 276 g/mol. The summed E-state index contributed by atoms with van der Waals surface area (Å²) in [7, 11) is 0. The molecule has 2 fully saturated rings. The Labute approximate surface area is 121 Å². The number of anilines is 1. The zero-order valence-electron chi connectivity index (χ0n) is 12.3. The molecule has 2 nitrogen and oxygen atoms in total. The van der Waals surface area contributed by atoms with Crippen molar-refractivity contribution in [3.63, 3.8) is 0 Å². The van der Waals surface area contributed by atoms with E-state index in [9.17, 15) is 4.39 Å². The van der Waals surface area contributed by atoms with Crippen molar-refractivity contribution in [3.05, 3.63) is 29.6 Å². The molecule has 1 aliphatic carbocycles. The number of nitrogens with zero attached hydrogens (tertiary/aromatic N) is 1. The standard InChI is InChI=1S/C17H25FN2/c1-12(19)14-8-9-17(15(18)11-14)20-10-4-6-13-5-2-3-7-16(13)20/h8-9,11-13,16H,2-7,10,19H2,1H3/t12-,13-,16-/m1/s1. The number of hydrogen-bond acceptors (Lipinski definition) is 2. The van der Waals surface area contributed by atoms with Crippen molar-refractivity contribution in [2.75, 3.05) is 11.4 Å². The predicted octanol–water partition coefficient (Wildman–Crippen LogP) is 4.00. The highest BCUT2D eigenvalue weighted by molar-refractivity contribution is 5.51. The number of benzene rings is 1. The van der Waals surface area contributed by atoms with Crippen LogP contribution in [-0.2, 0) is 0 Å². The normalized spacial score (nSPS) is 28.1. The quantitative estimate of drug-likeness (QED) is 0.884. The van der Waals surface area contributed by atoms with Gasteiger partial charge in [-0.1, -0.05) is 18.9 Å². The van der Waals surface area contributed by atoms with Crippen molar-refractivity contribution < 1.29 is 4.39 Å². The van der Waals surface area contributed by atoms with Crippen LogP contribution in [0.1, 0.15) is 57.1 Å². The summed E-state index contributed by atoms with van der Waals surface area (Å²) in [5, 5.41) is 0. The molecule has 0 amide bonds. The molecule has 0 unspecified atom stereocenters. The largest absolute Gasteiger partial charge is 0.366 e. The van der Waals surface area contributed by atoms with Crippen LogP contribution in [0.3, 0.4) is 0 Å². The molecule has 20 heavy (non-hydrogen) atoms. The summed E-state index contributed by atoms with van der Waals surface area (Å²) in [6.45, 7) is 2.89. The Kier molecular flexibility index (Phi) is 3.97. The van der Waals surface area contributed by atoms with Gasteiger partial charge in [0.2, 0.25) is 0 Å². The molecule has 1 saturated carbocycles. The van der Waals surface area contributed by atoms with Crippen LogP contribution < -0.4 is 10.6 Å². The van der Waals surface area contributed by atoms with E-state index in [2.05, 4.69) is 4.90 Å². The van der Waals surface area contributed by atoms with E-state index in [4.69, 9.17) is 5.73 Å². The highest BCUT2D eigenvalue weighted by atomic mass is 19.1. The van der Waals surface area contributed by atoms with E-state index in [1.807, 2.05) is 19.1 Å². The summed E-state index contributed by atoms with van der Waals surface area (Å²) in [4.78, 5) is 2.33. The van der Waals surface area contributed by atoms with Crippen molar-refractivity contribution in [3.8, 4) is 0 Å². The minimum absolute atomic E-state index is 0.106. The second-order valence-corrected chi connectivity index (χ2v) is 6.45. The number of hydrogen-bond donors (Lipinski definition) is 1. The zero-order valence-corrected chi connectivity index (χ0v) is 12.3. The van der Waals surface area contributed by atoms with Crippen LogP contribution in [-0.4, -0.2) is 12.6 Å². The molecule has 110 valence electrons. The van der Waals surface area contributed by atoms with Gasteiger partial charge in [0.1, 0.15) is 5.82 Å². The van der Waals surface area contributed by atoms with Gasteiger partial charge in [0.05, 0.1) is 5.69 Å². The van der Waals surface area contributed by atoms with E-state index in [-0.39, 0.29) is 11.9 Å². The van der Waals surface area contributed by atoms with Crippen LogP contribution >= 0.6 is 0 Å². The summed E-state index contributed by atoms with van der Waals surface area (Å²) in [5.74, 6) is 0.663. The fourth-order valence-corrected chi connectivity index (χ4v) is 3.96. The Balaban J connectivity index is 1.87. The minimum Gasteiger partial charge on any atom is -0.366 e. The van der Waals surface area contributed by atoms with Gasteiger partial charge in [0.25, 0.3) is 0 Å².